The van der Waals surface area contributed by atoms with E-state index in [9.17, 15) is 0 Å². The van der Waals surface area contributed by atoms with Gasteiger partial charge in [-0.25, -0.2) is 0 Å². The molecular formula is C11H27N3Si2. The minimum Gasteiger partial charge on any atom is -0.322 e. The Labute approximate surface area is 107 Å². The van der Waals surface area contributed by atoms with Crippen LogP contribution in [0.15, 0.2) is 0 Å². The van der Waals surface area contributed by atoms with Crippen LogP contribution < -0.4 is 0 Å². The van der Waals surface area contributed by atoms with Crippen molar-refractivity contribution in [3.8, 4) is 0 Å². The van der Waals surface area contributed by atoms with Crippen LogP contribution in [0.2, 0.25) is 0 Å². The molecule has 0 heterocycles. The molecule has 0 aliphatic carbocycles. The quantitative estimate of drug-likeness (QED) is 0.549. The summed E-state index contributed by atoms with van der Waals surface area (Å²) in [5, 5.41) is 0. The van der Waals surface area contributed by atoms with Crippen molar-refractivity contribution in [2.24, 2.45) is 0 Å². The highest BCUT2D eigenvalue weighted by atomic mass is 28.3. The van der Waals surface area contributed by atoms with Gasteiger partial charge in [0.1, 0.15) is 0 Å². The van der Waals surface area contributed by atoms with Gasteiger partial charge < -0.3 is 13.4 Å². The predicted molar refractivity (Wildman–Crippen MR) is 74.3 cm³/mol. The van der Waals surface area contributed by atoms with Crippen molar-refractivity contribution >= 4 is 19.7 Å². The third-order valence-electron chi connectivity index (χ3n) is 2.50. The summed E-state index contributed by atoms with van der Waals surface area (Å²) < 4.78 is 7.65. The van der Waals surface area contributed by atoms with Gasteiger partial charge in [0.25, 0.3) is 0 Å². The summed E-state index contributed by atoms with van der Waals surface area (Å²) in [6.07, 6.45) is 1.25. The van der Waals surface area contributed by atoms with Crippen LogP contribution in [0, 0.1) is 0 Å². The topological polar surface area (TPSA) is 9.72 Å². The van der Waals surface area contributed by atoms with E-state index in [1.54, 1.807) is 0 Å². The summed E-state index contributed by atoms with van der Waals surface area (Å²) in [5.41, 5.74) is 0. The maximum Gasteiger partial charge on any atom is 0.244 e. The van der Waals surface area contributed by atoms with E-state index in [2.05, 4.69) is 48.0 Å². The summed E-state index contributed by atoms with van der Waals surface area (Å²) in [4.78, 5) is 0. The standard InChI is InChI=1S/C11H27N3Si2/c1-6-11-14(15-12(7-2)8-3)16-13(9-4)10-5/h6-11H2,1-5H3. The smallest absolute Gasteiger partial charge is 0.244 e. The van der Waals surface area contributed by atoms with E-state index in [0.717, 1.165) is 45.9 Å². The average Bonchev–Trinajstić information content (AvgIpc) is 2.32. The lowest BCUT2D eigenvalue weighted by atomic mass is 10.5. The number of nitrogens with zero attached hydrogens (tertiary/aromatic N) is 3. The van der Waals surface area contributed by atoms with Crippen molar-refractivity contribution in [3.63, 3.8) is 0 Å². The van der Waals surface area contributed by atoms with E-state index in [1.165, 1.54) is 13.0 Å². The summed E-state index contributed by atoms with van der Waals surface area (Å²) in [7, 11) is 1.71. The molecule has 0 fully saturated rings. The maximum absolute atomic E-state index is 2.61. The highest BCUT2D eigenvalue weighted by Gasteiger charge is 2.14. The monoisotopic (exact) mass is 257 g/mol. The summed E-state index contributed by atoms with van der Waals surface area (Å²) in [6, 6.07) is 0. The first kappa shape index (κ1) is 16.3. The first-order chi connectivity index (χ1) is 7.71. The fourth-order valence-corrected chi connectivity index (χ4v) is 4.34. The molecule has 0 unspecified atom stereocenters. The molecule has 0 aromatic heterocycles. The third-order valence-corrected chi connectivity index (χ3v) is 5.86. The van der Waals surface area contributed by atoms with Gasteiger partial charge in [-0.3, -0.25) is 0 Å². The molecule has 3 nitrogen and oxygen atoms in total. The fraction of sp³-hybridized carbons (Fsp3) is 1.00. The van der Waals surface area contributed by atoms with Crippen LogP contribution in [-0.4, -0.2) is 65.8 Å². The van der Waals surface area contributed by atoms with Crippen LogP contribution >= 0.6 is 0 Å². The van der Waals surface area contributed by atoms with Crippen LogP contribution in [0.3, 0.4) is 0 Å². The van der Waals surface area contributed by atoms with E-state index in [1.807, 2.05) is 0 Å². The Morgan fingerprint density at radius 3 is 1.31 bits per heavy atom. The van der Waals surface area contributed by atoms with Crippen molar-refractivity contribution in [1.82, 2.24) is 13.4 Å². The Hall–Kier alpha value is 0.314. The number of hydrogen-bond acceptors (Lipinski definition) is 3. The second-order valence-electron chi connectivity index (χ2n) is 3.70. The zero-order valence-corrected chi connectivity index (χ0v) is 13.6. The molecule has 0 saturated carbocycles. The van der Waals surface area contributed by atoms with Crippen LogP contribution in [0.1, 0.15) is 41.0 Å². The first-order valence-electron chi connectivity index (χ1n) is 6.51. The van der Waals surface area contributed by atoms with Gasteiger partial charge in [-0.05, 0) is 39.1 Å². The normalized spacial score (nSPS) is 12.0. The zero-order chi connectivity index (χ0) is 12.4. The lowest BCUT2D eigenvalue weighted by Gasteiger charge is -2.30. The van der Waals surface area contributed by atoms with E-state index in [4.69, 9.17) is 0 Å². The molecule has 94 valence electrons. The van der Waals surface area contributed by atoms with E-state index in [-0.39, 0.29) is 0 Å². The molecule has 0 aromatic rings. The van der Waals surface area contributed by atoms with Gasteiger partial charge in [0.2, 0.25) is 19.7 Å². The predicted octanol–water partition coefficient (Wildman–Crippen LogP) is 1.45. The van der Waals surface area contributed by atoms with Gasteiger partial charge in [0, 0.05) is 0 Å². The highest BCUT2D eigenvalue weighted by Crippen LogP contribution is 1.95. The Balaban J connectivity index is 4.13. The molecule has 0 saturated heterocycles. The fourth-order valence-electron chi connectivity index (χ4n) is 1.42. The van der Waals surface area contributed by atoms with Crippen molar-refractivity contribution < 1.29 is 0 Å². The molecule has 0 rings (SSSR count). The number of rotatable bonds is 10. The van der Waals surface area contributed by atoms with Gasteiger partial charge in [0.15, 0.2) is 0 Å². The van der Waals surface area contributed by atoms with Gasteiger partial charge in [0.05, 0.1) is 0 Å². The van der Waals surface area contributed by atoms with Crippen LogP contribution in [0.25, 0.3) is 0 Å². The molecule has 0 aromatic carbocycles. The summed E-state index contributed by atoms with van der Waals surface area (Å²) in [5.74, 6) is 0. The molecule has 0 spiro atoms. The number of hydrogen-bond donors (Lipinski definition) is 0. The molecule has 0 amide bonds. The molecule has 4 radical (unpaired) electrons. The molecule has 0 aliphatic rings. The Morgan fingerprint density at radius 1 is 0.688 bits per heavy atom. The lowest BCUT2D eigenvalue weighted by molar-refractivity contribution is 0.421. The van der Waals surface area contributed by atoms with Crippen molar-refractivity contribution in [2.75, 3.05) is 32.7 Å². The highest BCUT2D eigenvalue weighted by molar-refractivity contribution is 6.47. The molecule has 0 aliphatic heterocycles. The molecule has 0 bridgehead atoms. The van der Waals surface area contributed by atoms with Crippen LogP contribution in [0.4, 0.5) is 0 Å². The minimum absolute atomic E-state index is 0.857. The van der Waals surface area contributed by atoms with Gasteiger partial charge in [-0.15, -0.1) is 0 Å². The molecular weight excluding hydrogens is 230 g/mol. The third kappa shape index (κ3) is 6.80. The largest absolute Gasteiger partial charge is 0.322 e. The second kappa shape index (κ2) is 10.5. The maximum atomic E-state index is 2.61. The minimum atomic E-state index is 0.857. The molecule has 0 N–H and O–H groups in total. The zero-order valence-electron chi connectivity index (χ0n) is 11.6. The van der Waals surface area contributed by atoms with Crippen LogP contribution in [-0.2, 0) is 0 Å². The Morgan fingerprint density at radius 2 is 1.06 bits per heavy atom. The summed E-state index contributed by atoms with van der Waals surface area (Å²) in [6.45, 7) is 17.2. The molecule has 5 heteroatoms. The van der Waals surface area contributed by atoms with E-state index >= 15 is 0 Å². The van der Waals surface area contributed by atoms with Crippen molar-refractivity contribution in [1.29, 1.82) is 0 Å². The Bertz CT molecular complexity index is 136. The van der Waals surface area contributed by atoms with Gasteiger partial charge >= 0.3 is 0 Å². The second-order valence-corrected chi connectivity index (χ2v) is 6.89. The van der Waals surface area contributed by atoms with Crippen molar-refractivity contribution in [3.05, 3.63) is 0 Å². The molecule has 0 atom stereocenters. The van der Waals surface area contributed by atoms with Gasteiger partial charge in [-0.1, -0.05) is 34.6 Å². The molecule has 16 heavy (non-hydrogen) atoms. The van der Waals surface area contributed by atoms with Crippen molar-refractivity contribution in [2.45, 2.75) is 41.0 Å². The first-order valence-corrected chi connectivity index (χ1v) is 8.30. The lowest BCUT2D eigenvalue weighted by Crippen LogP contribution is -2.49. The van der Waals surface area contributed by atoms with E-state index in [0.29, 0.717) is 0 Å². The SMILES string of the molecule is CCCN([Si]N(CC)CC)[Si]N(CC)CC. The van der Waals surface area contributed by atoms with Gasteiger partial charge in [-0.2, -0.15) is 0 Å². The average molecular weight is 258 g/mol. The van der Waals surface area contributed by atoms with E-state index < -0.39 is 0 Å². The summed E-state index contributed by atoms with van der Waals surface area (Å²) >= 11 is 0. The van der Waals surface area contributed by atoms with Crippen LogP contribution in [0.5, 0.6) is 0 Å². The Kier molecular flexibility index (Phi) is 10.7.